The van der Waals surface area contributed by atoms with Gasteiger partial charge in [0.15, 0.2) is 0 Å². The van der Waals surface area contributed by atoms with Crippen molar-refractivity contribution in [2.45, 2.75) is 0 Å². The minimum absolute atomic E-state index is 0.284. The van der Waals surface area contributed by atoms with Gasteiger partial charge in [0.05, 0.1) is 19.2 Å². The molecule has 1 amide bonds. The van der Waals surface area contributed by atoms with Gasteiger partial charge in [0, 0.05) is 22.3 Å². The number of halogens is 2. The number of amides is 1. The molecule has 0 bridgehead atoms. The van der Waals surface area contributed by atoms with Crippen LogP contribution >= 0.6 is 23.2 Å². The number of hydrogen-bond donors (Lipinski definition) is 1. The quantitative estimate of drug-likeness (QED) is 0.796. The minimum Gasteiger partial charge on any atom is -0.497 e. The van der Waals surface area contributed by atoms with E-state index in [1.807, 2.05) is 0 Å². The van der Waals surface area contributed by atoms with E-state index in [9.17, 15) is 4.79 Å². The summed E-state index contributed by atoms with van der Waals surface area (Å²) in [6.45, 7) is 0. The fourth-order valence-electron chi connectivity index (χ4n) is 1.94. The molecule has 2 aromatic rings. The largest absolute Gasteiger partial charge is 0.497 e. The van der Waals surface area contributed by atoms with Gasteiger partial charge < -0.3 is 14.8 Å². The van der Waals surface area contributed by atoms with Crippen molar-refractivity contribution in [1.29, 1.82) is 0 Å². The summed E-state index contributed by atoms with van der Waals surface area (Å²) in [5.41, 5.74) is 1.28. The summed E-state index contributed by atoms with van der Waals surface area (Å²) in [4.78, 5) is 12.0. The first-order valence-corrected chi connectivity index (χ1v) is 7.45. The molecule has 1 N–H and O–H groups in total. The van der Waals surface area contributed by atoms with Crippen molar-refractivity contribution < 1.29 is 14.3 Å². The fraction of sp³-hybridized carbons (Fsp3) is 0.118. The van der Waals surface area contributed by atoms with Crippen molar-refractivity contribution in [3.05, 3.63) is 58.1 Å². The number of ether oxygens (including phenoxy) is 2. The summed E-state index contributed by atoms with van der Waals surface area (Å²) < 4.78 is 10.3. The minimum atomic E-state index is -0.284. The van der Waals surface area contributed by atoms with Crippen molar-refractivity contribution >= 4 is 40.9 Å². The fourth-order valence-corrected chi connectivity index (χ4v) is 2.53. The third-order valence-corrected chi connectivity index (χ3v) is 3.51. The lowest BCUT2D eigenvalue weighted by atomic mass is 10.2. The Balaban J connectivity index is 2.11. The van der Waals surface area contributed by atoms with E-state index in [0.29, 0.717) is 27.0 Å². The zero-order valence-corrected chi connectivity index (χ0v) is 14.1. The van der Waals surface area contributed by atoms with Crippen LogP contribution in [0.25, 0.3) is 6.08 Å². The predicted molar refractivity (Wildman–Crippen MR) is 93.7 cm³/mol. The zero-order chi connectivity index (χ0) is 16.8. The highest BCUT2D eigenvalue weighted by Crippen LogP contribution is 2.32. The second-order valence-corrected chi connectivity index (χ2v) is 5.40. The van der Waals surface area contributed by atoms with Crippen LogP contribution in [0.2, 0.25) is 10.0 Å². The average molecular weight is 352 g/mol. The Morgan fingerprint density at radius 2 is 1.78 bits per heavy atom. The molecule has 0 saturated carbocycles. The van der Waals surface area contributed by atoms with E-state index in [4.69, 9.17) is 32.7 Å². The SMILES string of the molecule is COc1ccc(NC(=O)C=Cc2cc(Cl)cc(Cl)c2OC)cc1. The molecule has 0 aliphatic rings. The van der Waals surface area contributed by atoms with Crippen molar-refractivity contribution in [2.24, 2.45) is 0 Å². The van der Waals surface area contributed by atoms with Crippen LogP contribution in [0.4, 0.5) is 5.69 Å². The maximum Gasteiger partial charge on any atom is 0.248 e. The normalized spacial score (nSPS) is 10.6. The van der Waals surface area contributed by atoms with Gasteiger partial charge in [-0.1, -0.05) is 23.2 Å². The molecule has 0 atom stereocenters. The van der Waals surface area contributed by atoms with Crippen molar-refractivity contribution in [3.63, 3.8) is 0 Å². The third kappa shape index (κ3) is 4.65. The summed E-state index contributed by atoms with van der Waals surface area (Å²) in [6.07, 6.45) is 2.98. The Morgan fingerprint density at radius 3 is 2.39 bits per heavy atom. The van der Waals surface area contributed by atoms with E-state index >= 15 is 0 Å². The third-order valence-electron chi connectivity index (χ3n) is 3.01. The monoisotopic (exact) mass is 351 g/mol. The Hall–Kier alpha value is -2.17. The number of carbonyl (C=O) groups excluding carboxylic acids is 1. The Kier molecular flexibility index (Phi) is 5.90. The van der Waals surface area contributed by atoms with Crippen LogP contribution < -0.4 is 14.8 Å². The number of hydrogen-bond acceptors (Lipinski definition) is 3. The topological polar surface area (TPSA) is 47.6 Å². The van der Waals surface area contributed by atoms with E-state index in [0.717, 1.165) is 5.75 Å². The van der Waals surface area contributed by atoms with Crippen molar-refractivity contribution in [1.82, 2.24) is 0 Å². The van der Waals surface area contributed by atoms with Crippen LogP contribution in [0.3, 0.4) is 0 Å². The molecule has 0 aromatic heterocycles. The lowest BCUT2D eigenvalue weighted by Gasteiger charge is -2.08. The number of anilines is 1. The first-order chi connectivity index (χ1) is 11.0. The average Bonchev–Trinajstić information content (AvgIpc) is 2.53. The summed E-state index contributed by atoms with van der Waals surface area (Å²) >= 11 is 12.0. The molecule has 2 aromatic carbocycles. The first-order valence-electron chi connectivity index (χ1n) is 6.69. The molecule has 0 aliphatic carbocycles. The van der Waals surface area contributed by atoms with Crippen LogP contribution in [-0.4, -0.2) is 20.1 Å². The highest BCUT2D eigenvalue weighted by Gasteiger charge is 2.08. The molecular weight excluding hydrogens is 337 g/mol. The van der Waals surface area contributed by atoms with Gasteiger partial charge >= 0.3 is 0 Å². The van der Waals surface area contributed by atoms with Gasteiger partial charge in [0.1, 0.15) is 11.5 Å². The predicted octanol–water partition coefficient (Wildman–Crippen LogP) is 4.66. The van der Waals surface area contributed by atoms with Crippen LogP contribution in [0.5, 0.6) is 11.5 Å². The number of carbonyl (C=O) groups is 1. The van der Waals surface area contributed by atoms with E-state index < -0.39 is 0 Å². The van der Waals surface area contributed by atoms with E-state index in [1.165, 1.54) is 13.2 Å². The summed E-state index contributed by atoms with van der Waals surface area (Å²) in [5, 5.41) is 3.59. The first kappa shape index (κ1) is 17.2. The van der Waals surface area contributed by atoms with E-state index in [1.54, 1.807) is 49.6 Å². The van der Waals surface area contributed by atoms with Gasteiger partial charge in [-0.2, -0.15) is 0 Å². The number of benzene rings is 2. The molecule has 0 heterocycles. The molecule has 0 radical (unpaired) electrons. The van der Waals surface area contributed by atoms with E-state index in [2.05, 4.69) is 5.32 Å². The van der Waals surface area contributed by atoms with Gasteiger partial charge in [-0.05, 0) is 42.5 Å². The number of methoxy groups -OCH3 is 2. The van der Waals surface area contributed by atoms with Crippen LogP contribution in [0.1, 0.15) is 5.56 Å². The highest BCUT2D eigenvalue weighted by atomic mass is 35.5. The molecule has 0 aliphatic heterocycles. The molecule has 0 saturated heterocycles. The maximum atomic E-state index is 12.0. The van der Waals surface area contributed by atoms with Crippen LogP contribution in [-0.2, 0) is 4.79 Å². The molecule has 0 fully saturated rings. The second-order valence-electron chi connectivity index (χ2n) is 4.56. The molecule has 2 rings (SSSR count). The second kappa shape index (κ2) is 7.90. The summed E-state index contributed by atoms with van der Waals surface area (Å²) in [5.74, 6) is 0.898. The Bertz CT molecular complexity index is 727. The summed E-state index contributed by atoms with van der Waals surface area (Å²) in [6, 6.07) is 10.3. The molecule has 23 heavy (non-hydrogen) atoms. The molecule has 120 valence electrons. The smallest absolute Gasteiger partial charge is 0.248 e. The zero-order valence-electron chi connectivity index (χ0n) is 12.6. The Labute approximate surface area is 144 Å². The Morgan fingerprint density at radius 1 is 1.09 bits per heavy atom. The molecule has 6 heteroatoms. The number of rotatable bonds is 5. The van der Waals surface area contributed by atoms with Gasteiger partial charge in [0.2, 0.25) is 5.91 Å². The van der Waals surface area contributed by atoms with Crippen LogP contribution in [0.15, 0.2) is 42.5 Å². The van der Waals surface area contributed by atoms with Gasteiger partial charge in [0.25, 0.3) is 0 Å². The van der Waals surface area contributed by atoms with Crippen molar-refractivity contribution in [3.8, 4) is 11.5 Å². The number of nitrogens with one attached hydrogen (secondary N) is 1. The standard InChI is InChI=1S/C17H15Cl2NO3/c1-22-14-6-4-13(5-7-14)20-16(21)8-3-11-9-12(18)10-15(19)17(11)23-2/h3-10H,1-2H3,(H,20,21). The van der Waals surface area contributed by atoms with Gasteiger partial charge in [-0.15, -0.1) is 0 Å². The highest BCUT2D eigenvalue weighted by molar-refractivity contribution is 6.36. The molecular formula is C17H15Cl2NO3. The molecule has 0 unspecified atom stereocenters. The molecule has 4 nitrogen and oxygen atoms in total. The summed E-state index contributed by atoms with van der Waals surface area (Å²) in [7, 11) is 3.09. The lowest BCUT2D eigenvalue weighted by Crippen LogP contribution is -2.07. The van der Waals surface area contributed by atoms with Crippen LogP contribution in [0, 0.1) is 0 Å². The van der Waals surface area contributed by atoms with Crippen molar-refractivity contribution in [2.75, 3.05) is 19.5 Å². The van der Waals surface area contributed by atoms with Gasteiger partial charge in [-0.25, -0.2) is 0 Å². The van der Waals surface area contributed by atoms with Gasteiger partial charge in [-0.3, -0.25) is 4.79 Å². The molecule has 0 spiro atoms. The van der Waals surface area contributed by atoms with E-state index in [-0.39, 0.29) is 5.91 Å². The maximum absolute atomic E-state index is 12.0. The lowest BCUT2D eigenvalue weighted by molar-refractivity contribution is -0.111.